The van der Waals surface area contributed by atoms with Gasteiger partial charge in [0.2, 0.25) is 0 Å². The molecule has 0 aromatic heterocycles. The molecule has 0 aliphatic heterocycles. The fourth-order valence-electron chi connectivity index (χ4n) is 2.33. The molecule has 0 heterocycles. The number of aliphatic hydroxyl groups excluding tert-OH is 1. The Morgan fingerprint density at radius 1 is 0.862 bits per heavy atom. The number of nitrogens with zero attached hydrogens (tertiary/aromatic N) is 1. The third-order valence-electron chi connectivity index (χ3n) is 3.65. The van der Waals surface area contributed by atoms with E-state index in [2.05, 4.69) is 17.0 Å². The molecule has 0 aliphatic carbocycles. The van der Waals surface area contributed by atoms with E-state index in [4.69, 9.17) is 27.5 Å². The van der Waals surface area contributed by atoms with Crippen LogP contribution < -0.4 is 5.73 Å². The Morgan fingerprint density at radius 2 is 1.48 bits per heavy atom. The monoisotopic (exact) mass is 418 g/mol. The highest BCUT2D eigenvalue weighted by Crippen LogP contribution is 2.14. The third kappa shape index (κ3) is 12.6. The summed E-state index contributed by atoms with van der Waals surface area (Å²) >= 11 is 5.48. The largest absolute Gasteiger partial charge is 0.508 e. The summed E-state index contributed by atoms with van der Waals surface area (Å²) < 4.78 is 11.9. The Kier molecular flexibility index (Phi) is 13.1. The summed E-state index contributed by atoms with van der Waals surface area (Å²) in [4.78, 5) is 2.15. The van der Waals surface area contributed by atoms with E-state index in [1.807, 2.05) is 18.2 Å². The van der Waals surface area contributed by atoms with Crippen LogP contribution in [0.2, 0.25) is 5.02 Å². The van der Waals surface area contributed by atoms with Gasteiger partial charge in [-0.25, -0.2) is 4.39 Å². The van der Waals surface area contributed by atoms with E-state index in [1.54, 1.807) is 36.4 Å². The molecule has 4 nitrogen and oxygen atoms in total. The van der Waals surface area contributed by atoms with Crippen LogP contribution in [-0.2, 0) is 6.54 Å². The maximum absolute atomic E-state index is 11.9. The molecule has 3 aromatic carbocycles. The molecule has 0 bridgehead atoms. The van der Waals surface area contributed by atoms with E-state index in [0.29, 0.717) is 18.1 Å². The topological polar surface area (TPSA) is 69.7 Å². The molecule has 0 saturated carbocycles. The minimum atomic E-state index is -0.178. The summed E-state index contributed by atoms with van der Waals surface area (Å²) in [5.74, 6) is 0.0278. The average Bonchev–Trinajstić information content (AvgIpc) is 2.71. The van der Waals surface area contributed by atoms with Crippen molar-refractivity contribution in [1.82, 2.24) is 4.90 Å². The predicted molar refractivity (Wildman–Crippen MR) is 117 cm³/mol. The van der Waals surface area contributed by atoms with Crippen LogP contribution in [0.5, 0.6) is 5.75 Å². The lowest BCUT2D eigenvalue weighted by Crippen LogP contribution is -2.31. The van der Waals surface area contributed by atoms with Crippen molar-refractivity contribution in [2.45, 2.75) is 6.54 Å². The van der Waals surface area contributed by atoms with Crippen molar-refractivity contribution in [2.75, 3.05) is 26.2 Å². The quantitative estimate of drug-likeness (QED) is 0.557. The number of phenols is 1. The Bertz CT molecular complexity index is 753. The molecule has 0 spiro atoms. The Labute approximate surface area is 177 Å². The van der Waals surface area contributed by atoms with Crippen molar-refractivity contribution >= 4 is 11.6 Å². The number of benzene rings is 3. The van der Waals surface area contributed by atoms with Gasteiger partial charge in [0.25, 0.3) is 0 Å². The molecule has 0 saturated heterocycles. The van der Waals surface area contributed by atoms with E-state index in [-0.39, 0.29) is 18.2 Å². The average molecular weight is 419 g/mol. The van der Waals surface area contributed by atoms with E-state index in [0.717, 1.165) is 13.1 Å². The summed E-state index contributed by atoms with van der Waals surface area (Å²) in [7, 11) is 0. The standard InChI is InChI=1S/C11H18N2O.C6H5ClO.C6H5F/c12-6-7-13(8-9-14)10-11-4-2-1-3-5-11;7-5-2-1-3-6(8)4-5;7-6-4-2-1-3-5-6/h1-5,14H,6-10,12H2;1-4,8H;1-5H. The van der Waals surface area contributed by atoms with Gasteiger partial charge in [-0.1, -0.05) is 66.2 Å². The summed E-state index contributed by atoms with van der Waals surface area (Å²) in [6, 6.07) is 24.6. The van der Waals surface area contributed by atoms with Crippen molar-refractivity contribution in [3.05, 3.63) is 101 Å². The van der Waals surface area contributed by atoms with E-state index < -0.39 is 0 Å². The van der Waals surface area contributed by atoms with Crippen molar-refractivity contribution in [2.24, 2.45) is 5.73 Å². The fraction of sp³-hybridized carbons (Fsp3) is 0.217. The number of nitrogens with two attached hydrogens (primary N) is 1. The van der Waals surface area contributed by atoms with Crippen molar-refractivity contribution in [3.63, 3.8) is 0 Å². The Balaban J connectivity index is 0.000000237. The third-order valence-corrected chi connectivity index (χ3v) is 3.89. The fourth-order valence-corrected chi connectivity index (χ4v) is 2.51. The molecule has 3 rings (SSSR count). The number of hydrogen-bond acceptors (Lipinski definition) is 4. The van der Waals surface area contributed by atoms with Crippen LogP contribution in [0.15, 0.2) is 84.9 Å². The molecule has 156 valence electrons. The van der Waals surface area contributed by atoms with Crippen molar-refractivity contribution < 1.29 is 14.6 Å². The maximum atomic E-state index is 11.9. The number of hydrogen-bond donors (Lipinski definition) is 3. The van der Waals surface area contributed by atoms with Crippen LogP contribution in [0.3, 0.4) is 0 Å². The molecule has 0 radical (unpaired) electrons. The molecule has 3 aromatic rings. The highest BCUT2D eigenvalue weighted by molar-refractivity contribution is 6.30. The van der Waals surface area contributed by atoms with Crippen LogP contribution in [0.1, 0.15) is 5.56 Å². The second-order valence-corrected chi connectivity index (χ2v) is 6.49. The summed E-state index contributed by atoms with van der Waals surface area (Å²) in [6.07, 6.45) is 0. The molecule has 0 unspecified atom stereocenters. The van der Waals surface area contributed by atoms with Crippen LogP contribution in [-0.4, -0.2) is 41.4 Å². The van der Waals surface area contributed by atoms with E-state index >= 15 is 0 Å². The lowest BCUT2D eigenvalue weighted by atomic mass is 10.2. The molecular weight excluding hydrogens is 391 g/mol. The highest BCUT2D eigenvalue weighted by atomic mass is 35.5. The number of halogens is 2. The van der Waals surface area contributed by atoms with Gasteiger partial charge in [-0.2, -0.15) is 0 Å². The number of phenolic OH excluding ortho intramolecular Hbond substituents is 1. The first-order valence-corrected chi connectivity index (χ1v) is 9.65. The summed E-state index contributed by atoms with van der Waals surface area (Å²) in [5, 5.41) is 18.1. The minimum absolute atomic E-state index is 0.178. The van der Waals surface area contributed by atoms with Gasteiger partial charge < -0.3 is 15.9 Å². The van der Waals surface area contributed by atoms with Gasteiger partial charge in [0, 0.05) is 31.2 Å². The zero-order valence-electron chi connectivity index (χ0n) is 16.3. The predicted octanol–water partition coefficient (Wildman–Crippen LogP) is 4.31. The molecule has 6 heteroatoms. The first kappa shape index (κ1) is 24.6. The SMILES string of the molecule is Fc1ccccc1.NCCN(CCO)Cc1ccccc1.Oc1cccc(Cl)c1. The van der Waals surface area contributed by atoms with Gasteiger partial charge >= 0.3 is 0 Å². The normalized spacial score (nSPS) is 9.83. The number of rotatable bonds is 6. The summed E-state index contributed by atoms with van der Waals surface area (Å²) in [5.41, 5.74) is 6.75. The van der Waals surface area contributed by atoms with Crippen molar-refractivity contribution in [3.8, 4) is 5.75 Å². The maximum Gasteiger partial charge on any atom is 0.123 e. The summed E-state index contributed by atoms with van der Waals surface area (Å²) in [6.45, 7) is 3.19. The van der Waals surface area contributed by atoms with Gasteiger partial charge in [0.05, 0.1) is 6.61 Å². The number of aliphatic hydroxyl groups is 1. The van der Waals surface area contributed by atoms with E-state index in [1.165, 1.54) is 23.8 Å². The molecular formula is C23H28ClFN2O2. The van der Waals surface area contributed by atoms with E-state index in [9.17, 15) is 4.39 Å². The second-order valence-electron chi connectivity index (χ2n) is 6.05. The minimum Gasteiger partial charge on any atom is -0.508 e. The highest BCUT2D eigenvalue weighted by Gasteiger charge is 2.03. The van der Waals surface area contributed by atoms with Gasteiger partial charge in [-0.15, -0.1) is 0 Å². The number of aromatic hydroxyl groups is 1. The molecule has 0 amide bonds. The lowest BCUT2D eigenvalue weighted by molar-refractivity contribution is 0.194. The molecule has 4 N–H and O–H groups in total. The zero-order valence-corrected chi connectivity index (χ0v) is 17.0. The Hall–Kier alpha value is -2.44. The first-order valence-electron chi connectivity index (χ1n) is 9.27. The first-order chi connectivity index (χ1) is 14.0. The lowest BCUT2D eigenvalue weighted by Gasteiger charge is -2.20. The smallest absolute Gasteiger partial charge is 0.123 e. The van der Waals surface area contributed by atoms with Crippen LogP contribution in [0.25, 0.3) is 0 Å². The van der Waals surface area contributed by atoms with Gasteiger partial charge in [0.15, 0.2) is 0 Å². The van der Waals surface area contributed by atoms with Crippen molar-refractivity contribution in [1.29, 1.82) is 0 Å². The van der Waals surface area contributed by atoms with Crippen LogP contribution in [0, 0.1) is 5.82 Å². The molecule has 0 fully saturated rings. The van der Waals surface area contributed by atoms with Gasteiger partial charge in [0.1, 0.15) is 11.6 Å². The second kappa shape index (κ2) is 15.5. The van der Waals surface area contributed by atoms with Crippen LogP contribution >= 0.6 is 11.6 Å². The molecule has 0 aliphatic rings. The molecule has 29 heavy (non-hydrogen) atoms. The Morgan fingerprint density at radius 3 is 1.90 bits per heavy atom. The zero-order chi connectivity index (χ0) is 21.3. The van der Waals surface area contributed by atoms with Crippen LogP contribution in [0.4, 0.5) is 4.39 Å². The molecule has 0 atom stereocenters. The van der Waals surface area contributed by atoms with Gasteiger partial charge in [-0.3, -0.25) is 4.90 Å². The van der Waals surface area contributed by atoms with Gasteiger partial charge in [-0.05, 0) is 35.9 Å².